The molecule has 1 atom stereocenters. The van der Waals surface area contributed by atoms with Crippen molar-refractivity contribution in [2.75, 3.05) is 10.6 Å². The average Bonchev–Trinajstić information content (AvgIpc) is 3.08. The largest absolute Gasteiger partial charge is 0.372 e. The molecule has 1 aromatic rings. The fraction of sp³-hybridized carbons (Fsp3) is 0.364. The Bertz CT molecular complexity index is 473. The number of carbonyl (C=O) groups is 1. The molecule has 1 unspecified atom stereocenters. The van der Waals surface area contributed by atoms with Crippen LogP contribution in [0.2, 0.25) is 0 Å². The van der Waals surface area contributed by atoms with E-state index in [4.69, 9.17) is 7.85 Å². The second-order valence-electron chi connectivity index (χ2n) is 4.34. The molecule has 1 aliphatic heterocycles. The lowest BCUT2D eigenvalue weighted by molar-refractivity contribution is -0.117. The summed E-state index contributed by atoms with van der Waals surface area (Å²) < 4.78 is 13.6. The Morgan fingerprint density at radius 1 is 1.38 bits per heavy atom. The summed E-state index contributed by atoms with van der Waals surface area (Å²) in [5.41, 5.74) is 0.829. The van der Waals surface area contributed by atoms with Gasteiger partial charge in [-0.1, -0.05) is 11.5 Å². The quantitative estimate of drug-likeness (QED) is 0.680. The number of benzene rings is 1. The van der Waals surface area contributed by atoms with Gasteiger partial charge in [0.05, 0.1) is 11.4 Å². The number of halogens is 1. The van der Waals surface area contributed by atoms with Crippen molar-refractivity contribution in [2.45, 2.75) is 18.9 Å². The molecule has 3 nitrogen and oxygen atoms in total. The molecule has 1 amide bonds. The first kappa shape index (κ1) is 9.69. The third-order valence-corrected chi connectivity index (χ3v) is 3.11. The summed E-state index contributed by atoms with van der Waals surface area (Å²) in [5, 5.41) is 5.65. The van der Waals surface area contributed by atoms with Gasteiger partial charge in [0, 0.05) is 0 Å². The number of anilines is 2. The molecular formula is C11H10BFN2O. The first-order chi connectivity index (χ1) is 7.66. The molecule has 0 aromatic heterocycles. The van der Waals surface area contributed by atoms with Crippen molar-refractivity contribution in [1.29, 1.82) is 0 Å². The summed E-state index contributed by atoms with van der Waals surface area (Å²) >= 11 is 0. The molecule has 1 saturated carbocycles. The molecule has 0 bridgehead atoms. The highest BCUT2D eigenvalue weighted by atomic mass is 19.1. The van der Waals surface area contributed by atoms with Crippen LogP contribution in [0, 0.1) is 11.7 Å². The van der Waals surface area contributed by atoms with Crippen molar-refractivity contribution in [3.63, 3.8) is 0 Å². The number of fused-ring (bicyclic) bond motifs is 1. The predicted octanol–water partition coefficient (Wildman–Crippen LogP) is 0.762. The second-order valence-corrected chi connectivity index (χ2v) is 4.34. The van der Waals surface area contributed by atoms with Crippen molar-refractivity contribution >= 4 is 30.6 Å². The molecular weight excluding hydrogens is 206 g/mol. The summed E-state index contributed by atoms with van der Waals surface area (Å²) in [6, 6.07) is 2.97. The molecule has 80 valence electrons. The maximum absolute atomic E-state index is 13.6. The summed E-state index contributed by atoms with van der Waals surface area (Å²) in [7, 11) is 5.44. The van der Waals surface area contributed by atoms with E-state index in [9.17, 15) is 9.18 Å². The van der Waals surface area contributed by atoms with Crippen molar-refractivity contribution in [3.8, 4) is 0 Å². The molecule has 2 radical (unpaired) electrons. The van der Waals surface area contributed by atoms with Crippen LogP contribution in [0.15, 0.2) is 12.1 Å². The zero-order valence-electron chi connectivity index (χ0n) is 8.59. The maximum atomic E-state index is 13.6. The molecule has 2 aliphatic rings. The maximum Gasteiger partial charge on any atom is 0.247 e. The van der Waals surface area contributed by atoms with Crippen LogP contribution >= 0.6 is 0 Å². The molecule has 5 heteroatoms. The van der Waals surface area contributed by atoms with Crippen LogP contribution in [0.25, 0.3) is 0 Å². The second kappa shape index (κ2) is 3.24. The Hall–Kier alpha value is -1.52. The minimum absolute atomic E-state index is 0.0470. The van der Waals surface area contributed by atoms with Gasteiger partial charge >= 0.3 is 0 Å². The van der Waals surface area contributed by atoms with Crippen LogP contribution in [-0.4, -0.2) is 19.8 Å². The monoisotopic (exact) mass is 216 g/mol. The van der Waals surface area contributed by atoms with E-state index >= 15 is 0 Å². The Balaban J connectivity index is 2.00. The van der Waals surface area contributed by atoms with Crippen LogP contribution in [0.4, 0.5) is 15.8 Å². The number of amides is 1. The van der Waals surface area contributed by atoms with Crippen molar-refractivity contribution in [2.24, 2.45) is 5.92 Å². The molecule has 1 aliphatic carbocycles. The van der Waals surface area contributed by atoms with Crippen LogP contribution in [-0.2, 0) is 4.79 Å². The van der Waals surface area contributed by atoms with Crippen LogP contribution < -0.4 is 16.1 Å². The molecule has 0 spiro atoms. The van der Waals surface area contributed by atoms with E-state index in [-0.39, 0.29) is 23.1 Å². The van der Waals surface area contributed by atoms with E-state index in [1.54, 1.807) is 6.07 Å². The molecule has 1 heterocycles. The average molecular weight is 216 g/mol. The molecule has 0 saturated heterocycles. The minimum Gasteiger partial charge on any atom is -0.372 e. The number of rotatable bonds is 1. The summed E-state index contributed by atoms with van der Waals surface area (Å²) in [5.74, 6) is -0.346. The van der Waals surface area contributed by atoms with Crippen molar-refractivity contribution < 1.29 is 9.18 Å². The molecule has 3 rings (SSSR count). The van der Waals surface area contributed by atoms with Gasteiger partial charge in [0.2, 0.25) is 5.91 Å². The SMILES string of the molecule is [B]c1ccc2c(c1F)NC(=O)C(C1CC1)N2. The number of carbonyl (C=O) groups excluding carboxylic acids is 1. The third-order valence-electron chi connectivity index (χ3n) is 3.11. The molecule has 1 fully saturated rings. The van der Waals surface area contributed by atoms with Gasteiger partial charge in [-0.05, 0) is 24.8 Å². The smallest absolute Gasteiger partial charge is 0.247 e. The lowest BCUT2D eigenvalue weighted by Crippen LogP contribution is -2.41. The van der Waals surface area contributed by atoms with Gasteiger partial charge in [-0.2, -0.15) is 0 Å². The van der Waals surface area contributed by atoms with E-state index in [1.165, 1.54) is 6.07 Å². The standard InChI is InChI=1S/C11H10BFN2O/c12-6-3-4-7-10(8(6)13)15-11(16)9(14-7)5-1-2-5/h3-5,9,14H,1-2H2,(H,15,16). The number of hydrogen-bond acceptors (Lipinski definition) is 2. The van der Waals surface area contributed by atoms with Crippen molar-refractivity contribution in [1.82, 2.24) is 0 Å². The zero-order valence-corrected chi connectivity index (χ0v) is 8.59. The van der Waals surface area contributed by atoms with Gasteiger partial charge in [-0.15, -0.1) is 0 Å². The molecule has 1 aromatic carbocycles. The van der Waals surface area contributed by atoms with E-state index in [0.717, 1.165) is 12.8 Å². The van der Waals surface area contributed by atoms with E-state index in [2.05, 4.69) is 10.6 Å². The predicted molar refractivity (Wildman–Crippen MR) is 60.6 cm³/mol. The Morgan fingerprint density at radius 2 is 2.12 bits per heavy atom. The number of nitrogens with one attached hydrogen (secondary N) is 2. The Morgan fingerprint density at radius 3 is 2.81 bits per heavy atom. The fourth-order valence-corrected chi connectivity index (χ4v) is 2.03. The van der Waals surface area contributed by atoms with Crippen molar-refractivity contribution in [3.05, 3.63) is 17.9 Å². The van der Waals surface area contributed by atoms with Gasteiger partial charge in [-0.25, -0.2) is 4.39 Å². The van der Waals surface area contributed by atoms with Crippen LogP contribution in [0.1, 0.15) is 12.8 Å². The zero-order chi connectivity index (χ0) is 11.3. The van der Waals surface area contributed by atoms with E-state index in [1.807, 2.05) is 0 Å². The highest BCUT2D eigenvalue weighted by Gasteiger charge is 2.39. The van der Waals surface area contributed by atoms with Gasteiger partial charge in [0.1, 0.15) is 19.7 Å². The lowest BCUT2D eigenvalue weighted by Gasteiger charge is -2.27. The lowest BCUT2D eigenvalue weighted by atomic mass is 9.93. The molecule has 2 N–H and O–H groups in total. The van der Waals surface area contributed by atoms with Gasteiger partial charge < -0.3 is 10.6 Å². The molecule has 16 heavy (non-hydrogen) atoms. The Kier molecular flexibility index (Phi) is 1.96. The fourth-order valence-electron chi connectivity index (χ4n) is 2.03. The van der Waals surface area contributed by atoms with Crippen LogP contribution in [0.3, 0.4) is 0 Å². The highest BCUT2D eigenvalue weighted by Crippen LogP contribution is 2.38. The summed E-state index contributed by atoms with van der Waals surface area (Å²) in [4.78, 5) is 11.7. The summed E-state index contributed by atoms with van der Waals surface area (Å²) in [6.45, 7) is 0. The highest BCUT2D eigenvalue weighted by molar-refractivity contribution is 6.33. The topological polar surface area (TPSA) is 41.1 Å². The first-order valence-corrected chi connectivity index (χ1v) is 5.32. The summed E-state index contributed by atoms with van der Waals surface area (Å²) in [6.07, 6.45) is 2.11. The Labute approximate surface area is 93.8 Å². The van der Waals surface area contributed by atoms with Gasteiger partial charge in [-0.3, -0.25) is 4.79 Å². The number of hydrogen-bond donors (Lipinski definition) is 2. The normalized spacial score (nSPS) is 23.3. The first-order valence-electron chi connectivity index (χ1n) is 5.32. The van der Waals surface area contributed by atoms with Gasteiger partial charge in [0.25, 0.3) is 0 Å². The van der Waals surface area contributed by atoms with E-state index < -0.39 is 5.82 Å². The van der Waals surface area contributed by atoms with E-state index in [0.29, 0.717) is 11.6 Å². The third kappa shape index (κ3) is 1.38. The minimum atomic E-state index is -0.562. The van der Waals surface area contributed by atoms with Gasteiger partial charge in [0.15, 0.2) is 0 Å². The van der Waals surface area contributed by atoms with Crippen LogP contribution in [0.5, 0.6) is 0 Å².